The van der Waals surface area contributed by atoms with Crippen molar-refractivity contribution in [2.45, 2.75) is 56.2 Å². The van der Waals surface area contributed by atoms with Crippen molar-refractivity contribution >= 4 is 49.4 Å². The molecule has 0 heterocycles. The van der Waals surface area contributed by atoms with Crippen LogP contribution < -0.4 is 4.74 Å². The van der Waals surface area contributed by atoms with Gasteiger partial charge >= 0.3 is 5.97 Å². The zero-order chi connectivity index (χ0) is 17.1. The number of carbonyl (C=O) groups excluding carboxylic acids is 1. The molecule has 0 unspecified atom stereocenters. The maximum Gasteiger partial charge on any atom is 0.311 e. The van der Waals surface area contributed by atoms with Gasteiger partial charge in [-0.1, -0.05) is 43.5 Å². The molecule has 4 aliphatic carbocycles. The summed E-state index contributed by atoms with van der Waals surface area (Å²) in [6.45, 7) is 1.91. The van der Waals surface area contributed by atoms with Gasteiger partial charge in [-0.3, -0.25) is 4.79 Å². The highest BCUT2D eigenvalue weighted by atomic mass is 79.9. The highest BCUT2D eigenvalue weighted by molar-refractivity contribution is 9.10. The lowest BCUT2D eigenvalue weighted by atomic mass is 9.49. The van der Waals surface area contributed by atoms with Crippen LogP contribution in [0.1, 0.15) is 50.5 Å². The van der Waals surface area contributed by atoms with Crippen molar-refractivity contribution in [3.05, 3.63) is 27.2 Å². The molecule has 4 bridgehead atoms. The summed E-state index contributed by atoms with van der Waals surface area (Å²) in [5.74, 6) is 1.91. The van der Waals surface area contributed by atoms with Crippen molar-refractivity contribution in [1.29, 1.82) is 0 Å². The van der Waals surface area contributed by atoms with Crippen LogP contribution in [0.2, 0.25) is 5.02 Å². The normalized spacial score (nSPS) is 36.8. The fourth-order valence-corrected chi connectivity index (χ4v) is 8.34. The minimum atomic E-state index is -0.139. The molecule has 5 rings (SSSR count). The fourth-order valence-electron chi connectivity index (χ4n) is 5.82. The number of esters is 1. The zero-order valence-electron chi connectivity index (χ0n) is 13.7. The van der Waals surface area contributed by atoms with Gasteiger partial charge < -0.3 is 4.74 Å². The van der Waals surface area contributed by atoms with E-state index in [1.165, 1.54) is 32.1 Å². The Balaban J connectivity index is 1.51. The molecule has 24 heavy (non-hydrogen) atoms. The third-order valence-electron chi connectivity index (χ3n) is 6.04. The van der Waals surface area contributed by atoms with E-state index in [-0.39, 0.29) is 15.7 Å². The van der Waals surface area contributed by atoms with Crippen molar-refractivity contribution in [3.63, 3.8) is 0 Å². The van der Waals surface area contributed by atoms with Crippen molar-refractivity contribution in [2.24, 2.45) is 17.3 Å². The van der Waals surface area contributed by atoms with Crippen LogP contribution in [-0.2, 0) is 4.79 Å². The molecule has 0 N–H and O–H groups in total. The van der Waals surface area contributed by atoms with Crippen LogP contribution in [-0.4, -0.2) is 10.3 Å². The Kier molecular flexibility index (Phi) is 4.33. The van der Waals surface area contributed by atoms with E-state index in [0.717, 1.165) is 28.3 Å². The lowest BCUT2D eigenvalue weighted by molar-refractivity contribution is -0.141. The van der Waals surface area contributed by atoms with E-state index in [1.54, 1.807) is 6.07 Å². The van der Waals surface area contributed by atoms with Gasteiger partial charge in [-0.05, 0) is 80.4 Å². The molecular weight excluding hydrogens is 455 g/mol. The van der Waals surface area contributed by atoms with Gasteiger partial charge in [0.05, 0.1) is 11.4 Å². The Morgan fingerprint density at radius 3 is 2.54 bits per heavy atom. The summed E-state index contributed by atoms with van der Waals surface area (Å²) in [7, 11) is 0. The minimum Gasteiger partial charge on any atom is -0.425 e. The largest absolute Gasteiger partial charge is 0.425 e. The van der Waals surface area contributed by atoms with Crippen molar-refractivity contribution in [1.82, 2.24) is 0 Å². The van der Waals surface area contributed by atoms with Crippen LogP contribution in [0.3, 0.4) is 0 Å². The van der Waals surface area contributed by atoms with E-state index in [0.29, 0.717) is 17.2 Å². The Hall–Kier alpha value is -0.0600. The number of hydrogen-bond donors (Lipinski definition) is 0. The molecule has 1 aromatic rings. The summed E-state index contributed by atoms with van der Waals surface area (Å²) < 4.78 is 6.86. The first-order valence-electron chi connectivity index (χ1n) is 8.61. The van der Waals surface area contributed by atoms with Crippen LogP contribution in [0.5, 0.6) is 5.75 Å². The van der Waals surface area contributed by atoms with Gasteiger partial charge in [-0.25, -0.2) is 0 Å². The minimum absolute atomic E-state index is 0.125. The van der Waals surface area contributed by atoms with E-state index in [9.17, 15) is 4.79 Å². The number of hydrogen-bond acceptors (Lipinski definition) is 2. The van der Waals surface area contributed by atoms with E-state index >= 15 is 0 Å². The summed E-state index contributed by atoms with van der Waals surface area (Å²) in [5.41, 5.74) is 1.01. The number of alkyl halides is 1. The van der Waals surface area contributed by atoms with E-state index in [2.05, 4.69) is 31.9 Å². The summed E-state index contributed by atoms with van der Waals surface area (Å²) in [6.07, 6.45) is 7.88. The second-order valence-corrected chi connectivity index (χ2v) is 11.3. The van der Waals surface area contributed by atoms with Gasteiger partial charge in [0, 0.05) is 8.80 Å². The van der Waals surface area contributed by atoms with Crippen molar-refractivity contribution < 1.29 is 9.53 Å². The quantitative estimate of drug-likeness (QED) is 0.285. The van der Waals surface area contributed by atoms with Gasteiger partial charge in [0.15, 0.2) is 5.75 Å². The Bertz CT molecular complexity index is 666. The molecule has 0 aliphatic heterocycles. The van der Waals surface area contributed by atoms with E-state index < -0.39 is 0 Å². The maximum absolute atomic E-state index is 12.7. The molecule has 0 spiro atoms. The number of halogens is 3. The monoisotopic (exact) mass is 474 g/mol. The van der Waals surface area contributed by atoms with Gasteiger partial charge in [-0.15, -0.1) is 0 Å². The van der Waals surface area contributed by atoms with Crippen LogP contribution in [0.4, 0.5) is 0 Å². The van der Waals surface area contributed by atoms with Gasteiger partial charge in [0.1, 0.15) is 0 Å². The topological polar surface area (TPSA) is 26.3 Å². The average Bonchev–Trinajstić information content (AvgIpc) is 2.39. The third-order valence-corrected chi connectivity index (χ3v) is 7.71. The molecule has 4 fully saturated rings. The second kappa shape index (κ2) is 5.99. The predicted octanol–water partition coefficient (Wildman–Crippen LogP) is 6.44. The van der Waals surface area contributed by atoms with Gasteiger partial charge in [0.2, 0.25) is 0 Å². The zero-order valence-corrected chi connectivity index (χ0v) is 17.6. The molecule has 2 atom stereocenters. The first kappa shape index (κ1) is 17.4. The number of carbonyl (C=O) groups is 1. The van der Waals surface area contributed by atoms with Crippen LogP contribution in [0.25, 0.3) is 0 Å². The summed E-state index contributed by atoms with van der Waals surface area (Å²) >= 11 is 13.7. The smallest absolute Gasteiger partial charge is 0.311 e. The number of ether oxygens (including phenoxy) is 1. The number of rotatable bonds is 3. The molecule has 0 amide bonds. The van der Waals surface area contributed by atoms with Crippen LogP contribution in [0, 0.1) is 24.2 Å². The molecule has 0 aromatic heterocycles. The van der Waals surface area contributed by atoms with Gasteiger partial charge in [-0.2, -0.15) is 0 Å². The highest BCUT2D eigenvalue weighted by Crippen LogP contribution is 2.65. The van der Waals surface area contributed by atoms with Gasteiger partial charge in [0.25, 0.3) is 0 Å². The molecule has 0 saturated heterocycles. The molecule has 0 radical (unpaired) electrons. The molecule has 1 aromatic carbocycles. The second-order valence-electron chi connectivity index (χ2n) is 8.30. The number of benzene rings is 1. The van der Waals surface area contributed by atoms with Crippen LogP contribution >= 0.6 is 43.5 Å². The lowest BCUT2D eigenvalue weighted by Crippen LogP contribution is -2.53. The Labute approximate surface area is 164 Å². The van der Waals surface area contributed by atoms with E-state index in [4.69, 9.17) is 16.3 Å². The van der Waals surface area contributed by atoms with Crippen LogP contribution in [0.15, 0.2) is 16.6 Å². The maximum atomic E-state index is 12.7. The predicted molar refractivity (Wildman–Crippen MR) is 103 cm³/mol. The molecular formula is C19H21Br2ClO2. The average molecular weight is 477 g/mol. The third kappa shape index (κ3) is 3.19. The SMILES string of the molecule is Cc1cc(Br)cc(Cl)c1OC(=O)CC12C[C@H]3C[C@@H](CC(Br)(C3)C1)C2. The first-order valence-corrected chi connectivity index (χ1v) is 10.6. The standard InChI is InChI=1S/C19H21Br2ClO2/c1-11-2-14(20)4-15(22)17(11)24-16(23)9-18-5-12-3-13(6-18)8-19(21,7-12)10-18/h2,4,12-13H,3,5-10H2,1H3/t12-,13-,18?,19?/m1/s1. The van der Waals surface area contributed by atoms with Crippen molar-refractivity contribution in [2.75, 3.05) is 0 Å². The lowest BCUT2D eigenvalue weighted by Gasteiger charge is -2.60. The molecule has 130 valence electrons. The Morgan fingerprint density at radius 1 is 1.29 bits per heavy atom. The summed E-state index contributed by atoms with van der Waals surface area (Å²) in [4.78, 5) is 12.7. The number of aryl methyl sites for hydroxylation is 1. The van der Waals surface area contributed by atoms with E-state index in [1.807, 2.05) is 13.0 Å². The highest BCUT2D eigenvalue weighted by Gasteiger charge is 2.57. The molecule has 4 saturated carbocycles. The summed E-state index contributed by atoms with van der Waals surface area (Å²) in [6, 6.07) is 3.70. The molecule has 4 aliphatic rings. The Morgan fingerprint density at radius 2 is 1.96 bits per heavy atom. The fraction of sp³-hybridized carbons (Fsp3) is 0.632. The molecule has 2 nitrogen and oxygen atoms in total. The summed E-state index contributed by atoms with van der Waals surface area (Å²) in [5, 5.41) is 0.484. The molecule has 5 heteroatoms. The first-order chi connectivity index (χ1) is 11.3. The van der Waals surface area contributed by atoms with Crippen molar-refractivity contribution in [3.8, 4) is 5.75 Å².